The van der Waals surface area contributed by atoms with E-state index < -0.39 is 11.0 Å². The summed E-state index contributed by atoms with van der Waals surface area (Å²) in [5.74, 6) is 0. The fraction of sp³-hybridized carbons (Fsp3) is 0.385. The Hall–Kier alpha value is -2.32. The van der Waals surface area contributed by atoms with Crippen molar-refractivity contribution in [1.82, 2.24) is 20.1 Å². The monoisotopic (exact) mass is 291 g/mol. The number of aryl methyl sites for hydroxylation is 1. The molecule has 2 rings (SSSR count). The third-order valence-corrected chi connectivity index (χ3v) is 2.86. The van der Waals surface area contributed by atoms with E-state index in [2.05, 4.69) is 15.4 Å². The van der Waals surface area contributed by atoms with E-state index in [0.717, 1.165) is 17.6 Å². The van der Waals surface area contributed by atoms with Crippen LogP contribution in [0.3, 0.4) is 0 Å². The van der Waals surface area contributed by atoms with Crippen LogP contribution in [0, 0.1) is 17.0 Å². The summed E-state index contributed by atoms with van der Waals surface area (Å²) in [6.45, 7) is 3.02. The van der Waals surface area contributed by atoms with Crippen molar-refractivity contribution in [3.8, 4) is 0 Å². The van der Waals surface area contributed by atoms with E-state index in [-0.39, 0.29) is 12.2 Å². The van der Waals surface area contributed by atoms with Crippen molar-refractivity contribution in [2.45, 2.75) is 26.1 Å². The van der Waals surface area contributed by atoms with Crippen molar-refractivity contribution in [1.29, 1.82) is 0 Å². The number of aromatic nitrogens is 3. The maximum atomic E-state index is 10.5. The molecule has 8 heteroatoms. The van der Waals surface area contributed by atoms with Gasteiger partial charge in [-0.3, -0.25) is 19.8 Å². The Morgan fingerprint density at radius 1 is 1.52 bits per heavy atom. The molecule has 2 N–H and O–H groups in total. The number of aliphatic hydroxyl groups is 1. The average molecular weight is 291 g/mol. The number of nitrogens with zero attached hydrogens (tertiary/aromatic N) is 4. The number of hydrogen-bond acceptors (Lipinski definition) is 6. The van der Waals surface area contributed by atoms with Crippen LogP contribution in [-0.2, 0) is 13.1 Å². The van der Waals surface area contributed by atoms with Crippen molar-refractivity contribution in [3.63, 3.8) is 0 Å². The molecule has 8 nitrogen and oxygen atoms in total. The maximum absolute atomic E-state index is 10.5. The number of hydrogen-bond donors (Lipinski definition) is 2. The van der Waals surface area contributed by atoms with Gasteiger partial charge in [0.15, 0.2) is 0 Å². The Kier molecular flexibility index (Phi) is 4.96. The molecule has 1 atom stereocenters. The summed E-state index contributed by atoms with van der Waals surface area (Å²) >= 11 is 0. The van der Waals surface area contributed by atoms with Gasteiger partial charge in [0.25, 0.3) is 0 Å². The van der Waals surface area contributed by atoms with Gasteiger partial charge in [0.2, 0.25) is 0 Å². The average Bonchev–Trinajstić information content (AvgIpc) is 2.87. The van der Waals surface area contributed by atoms with E-state index in [4.69, 9.17) is 0 Å². The molecule has 0 aromatic carbocycles. The minimum atomic E-state index is -0.686. The van der Waals surface area contributed by atoms with Gasteiger partial charge in [-0.15, -0.1) is 0 Å². The smallest absolute Gasteiger partial charge is 0.306 e. The largest absolute Gasteiger partial charge is 0.390 e. The predicted molar refractivity (Wildman–Crippen MR) is 75.6 cm³/mol. The third kappa shape index (κ3) is 4.62. The quantitative estimate of drug-likeness (QED) is 0.573. The molecule has 2 aromatic rings. The number of nitro groups is 1. The first-order chi connectivity index (χ1) is 10.0. The molecule has 2 heterocycles. The molecule has 2 aromatic heterocycles. The van der Waals surface area contributed by atoms with E-state index in [1.54, 1.807) is 0 Å². The van der Waals surface area contributed by atoms with Crippen molar-refractivity contribution in [3.05, 3.63) is 52.1 Å². The Morgan fingerprint density at radius 3 is 3.00 bits per heavy atom. The lowest BCUT2D eigenvalue weighted by molar-refractivity contribution is -0.385. The van der Waals surface area contributed by atoms with Gasteiger partial charge in [0.05, 0.1) is 23.3 Å². The van der Waals surface area contributed by atoms with E-state index >= 15 is 0 Å². The molecule has 112 valence electrons. The molecular formula is C13H17N5O3. The summed E-state index contributed by atoms with van der Waals surface area (Å²) in [6.07, 6.45) is 1.77. The molecule has 0 radical (unpaired) electrons. The molecule has 0 aliphatic carbocycles. The molecule has 0 amide bonds. The third-order valence-electron chi connectivity index (χ3n) is 2.86. The molecule has 1 unspecified atom stereocenters. The number of rotatable bonds is 7. The molecule has 0 saturated heterocycles. The zero-order valence-corrected chi connectivity index (χ0v) is 11.6. The highest BCUT2D eigenvalue weighted by Gasteiger charge is 2.11. The normalized spacial score (nSPS) is 12.3. The Bertz CT molecular complexity index is 613. The first-order valence-corrected chi connectivity index (χ1v) is 6.53. The molecule has 0 spiro atoms. The van der Waals surface area contributed by atoms with Crippen LogP contribution in [0.5, 0.6) is 0 Å². The SMILES string of the molecule is Cc1cccc(CNCC(O)Cn2cc([N+](=O)[O-])cn2)n1. The summed E-state index contributed by atoms with van der Waals surface area (Å²) in [5, 5.41) is 27.3. The summed E-state index contributed by atoms with van der Waals surface area (Å²) in [4.78, 5) is 14.4. The minimum Gasteiger partial charge on any atom is -0.390 e. The first kappa shape index (κ1) is 15.1. The van der Waals surface area contributed by atoms with Crippen molar-refractivity contribution >= 4 is 5.69 Å². The van der Waals surface area contributed by atoms with Gasteiger partial charge in [0.1, 0.15) is 12.4 Å². The summed E-state index contributed by atoms with van der Waals surface area (Å²) in [7, 11) is 0. The second kappa shape index (κ2) is 6.91. The molecule has 21 heavy (non-hydrogen) atoms. The lowest BCUT2D eigenvalue weighted by Gasteiger charge is -2.11. The summed E-state index contributed by atoms with van der Waals surface area (Å²) in [5.41, 5.74) is 1.76. The molecular weight excluding hydrogens is 274 g/mol. The molecule has 0 bridgehead atoms. The van der Waals surface area contributed by atoms with Crippen LogP contribution in [0.2, 0.25) is 0 Å². The van der Waals surface area contributed by atoms with Crippen LogP contribution in [0.1, 0.15) is 11.4 Å². The van der Waals surface area contributed by atoms with Gasteiger partial charge in [-0.05, 0) is 19.1 Å². The van der Waals surface area contributed by atoms with E-state index in [1.807, 2.05) is 25.1 Å². The predicted octanol–water partition coefficient (Wildman–Crippen LogP) is 0.645. The molecule has 0 saturated carbocycles. The maximum Gasteiger partial charge on any atom is 0.306 e. The second-order valence-electron chi connectivity index (χ2n) is 4.73. The highest BCUT2D eigenvalue weighted by molar-refractivity contribution is 5.20. The van der Waals surface area contributed by atoms with Crippen LogP contribution in [0.25, 0.3) is 0 Å². The second-order valence-corrected chi connectivity index (χ2v) is 4.73. The van der Waals surface area contributed by atoms with Gasteiger partial charge < -0.3 is 10.4 Å². The lowest BCUT2D eigenvalue weighted by atomic mass is 10.3. The van der Waals surface area contributed by atoms with Crippen molar-refractivity contribution in [2.24, 2.45) is 0 Å². The van der Waals surface area contributed by atoms with Crippen molar-refractivity contribution in [2.75, 3.05) is 6.54 Å². The Balaban J connectivity index is 1.76. The first-order valence-electron chi connectivity index (χ1n) is 6.53. The fourth-order valence-corrected chi connectivity index (χ4v) is 1.89. The van der Waals surface area contributed by atoms with Crippen molar-refractivity contribution < 1.29 is 10.0 Å². The Labute approximate surface area is 121 Å². The van der Waals surface area contributed by atoms with E-state index in [1.165, 1.54) is 10.9 Å². The van der Waals surface area contributed by atoms with Crippen LogP contribution in [-0.4, -0.2) is 37.4 Å². The zero-order valence-electron chi connectivity index (χ0n) is 11.6. The standard InChI is InChI=1S/C13H17N5O3/c1-10-3-2-4-11(16-10)5-14-7-13(19)9-17-8-12(6-15-17)18(20)21/h2-4,6,8,13-14,19H,5,7,9H2,1H3. The van der Waals surface area contributed by atoms with Gasteiger partial charge in [0, 0.05) is 18.8 Å². The number of aliphatic hydroxyl groups excluding tert-OH is 1. The van der Waals surface area contributed by atoms with Gasteiger partial charge in [-0.2, -0.15) is 5.10 Å². The van der Waals surface area contributed by atoms with Gasteiger partial charge >= 0.3 is 5.69 Å². The highest BCUT2D eigenvalue weighted by Crippen LogP contribution is 2.08. The lowest BCUT2D eigenvalue weighted by Crippen LogP contribution is -2.30. The summed E-state index contributed by atoms with van der Waals surface area (Å²) in [6, 6.07) is 5.75. The number of nitrogens with one attached hydrogen (secondary N) is 1. The molecule has 0 fully saturated rings. The van der Waals surface area contributed by atoms with Crippen LogP contribution >= 0.6 is 0 Å². The Morgan fingerprint density at radius 2 is 2.33 bits per heavy atom. The summed E-state index contributed by atoms with van der Waals surface area (Å²) < 4.78 is 1.36. The van der Waals surface area contributed by atoms with Gasteiger partial charge in [-0.25, -0.2) is 0 Å². The zero-order chi connectivity index (χ0) is 15.2. The minimum absolute atomic E-state index is 0.0841. The highest BCUT2D eigenvalue weighted by atomic mass is 16.6. The molecule has 0 aliphatic heterocycles. The van der Waals surface area contributed by atoms with E-state index in [9.17, 15) is 15.2 Å². The fourth-order valence-electron chi connectivity index (χ4n) is 1.89. The van der Waals surface area contributed by atoms with Gasteiger partial charge in [-0.1, -0.05) is 6.07 Å². The molecule has 0 aliphatic rings. The van der Waals surface area contributed by atoms with Crippen LogP contribution < -0.4 is 5.32 Å². The number of pyridine rings is 1. The topological polar surface area (TPSA) is 106 Å². The van der Waals surface area contributed by atoms with Crippen LogP contribution in [0.15, 0.2) is 30.6 Å². The van der Waals surface area contributed by atoms with E-state index in [0.29, 0.717) is 13.1 Å². The van der Waals surface area contributed by atoms with Crippen LogP contribution in [0.4, 0.5) is 5.69 Å².